The van der Waals surface area contributed by atoms with Crippen molar-refractivity contribution in [1.82, 2.24) is 0 Å². The first kappa shape index (κ1) is 8.97. The minimum atomic E-state index is -0.567. The Balaban J connectivity index is 3.03. The molecule has 0 saturated heterocycles. The molecule has 3 heteroatoms. The molecule has 66 valence electrons. The van der Waals surface area contributed by atoms with Gasteiger partial charge in [-0.3, -0.25) is 10.1 Å². The second kappa shape index (κ2) is 2.73. The summed E-state index contributed by atoms with van der Waals surface area (Å²) in [5.41, 5.74) is 0.468. The Morgan fingerprint density at radius 1 is 1.58 bits per heavy atom. The van der Waals surface area contributed by atoms with Crippen LogP contribution in [0.4, 0.5) is 0 Å². The van der Waals surface area contributed by atoms with Crippen LogP contribution in [0.3, 0.4) is 0 Å². The maximum atomic E-state index is 10.7. The quantitative estimate of drug-likeness (QED) is 0.443. The molecule has 0 amide bonds. The molecule has 0 fully saturated rings. The fourth-order valence-electron chi connectivity index (χ4n) is 1.65. The summed E-state index contributed by atoms with van der Waals surface area (Å²) < 4.78 is 0. The lowest BCUT2D eigenvalue weighted by atomic mass is 9.78. The first-order valence-corrected chi connectivity index (χ1v) is 3.94. The fraction of sp³-hybridized carbons (Fsp3) is 0.556. The van der Waals surface area contributed by atoms with Crippen molar-refractivity contribution in [3.05, 3.63) is 33.9 Å². The van der Waals surface area contributed by atoms with Gasteiger partial charge in [0.05, 0.1) is 5.41 Å². The fourth-order valence-corrected chi connectivity index (χ4v) is 1.65. The Morgan fingerprint density at radius 2 is 2.17 bits per heavy atom. The Kier molecular flexibility index (Phi) is 2.04. The second-order valence-corrected chi connectivity index (χ2v) is 3.78. The number of nitro groups is 1. The molecule has 0 N–H and O–H groups in total. The maximum absolute atomic E-state index is 10.7. The van der Waals surface area contributed by atoms with E-state index in [-0.39, 0.29) is 10.3 Å². The van der Waals surface area contributed by atoms with Crippen molar-refractivity contribution in [3.8, 4) is 0 Å². The van der Waals surface area contributed by atoms with Crippen LogP contribution in [0.25, 0.3) is 0 Å². The largest absolute Gasteiger partial charge is 0.264 e. The molecule has 0 aromatic carbocycles. The van der Waals surface area contributed by atoms with E-state index in [2.05, 4.69) is 0 Å². The van der Waals surface area contributed by atoms with Crippen LogP contribution in [0.5, 0.6) is 0 Å². The smallest absolute Gasteiger partial charge is 0.242 e. The first-order chi connectivity index (χ1) is 5.45. The van der Waals surface area contributed by atoms with Crippen LogP contribution >= 0.6 is 0 Å². The van der Waals surface area contributed by atoms with E-state index in [9.17, 15) is 10.1 Å². The van der Waals surface area contributed by atoms with Gasteiger partial charge >= 0.3 is 0 Å². The highest BCUT2D eigenvalue weighted by Gasteiger charge is 2.39. The molecule has 0 aromatic heterocycles. The number of rotatable bonds is 1. The summed E-state index contributed by atoms with van der Waals surface area (Å²) in [7, 11) is 0. The van der Waals surface area contributed by atoms with E-state index >= 15 is 0 Å². The van der Waals surface area contributed by atoms with Crippen molar-refractivity contribution in [1.29, 1.82) is 0 Å². The minimum absolute atomic E-state index is 0.213. The van der Waals surface area contributed by atoms with Gasteiger partial charge in [0.15, 0.2) is 0 Å². The standard InChI is InChI=1S/C9H13NO2/c1-7-5-4-6-9(2,3)8(7)10(11)12/h4-6,8H,1-3H3. The highest BCUT2D eigenvalue weighted by molar-refractivity contribution is 5.25. The third kappa shape index (κ3) is 1.40. The molecule has 0 saturated carbocycles. The number of allylic oxidation sites excluding steroid dienone is 2. The van der Waals surface area contributed by atoms with Crippen LogP contribution in [0, 0.1) is 15.5 Å². The van der Waals surface area contributed by atoms with Crippen LogP contribution in [0.15, 0.2) is 23.8 Å². The Hall–Kier alpha value is -1.12. The minimum Gasteiger partial charge on any atom is -0.264 e. The van der Waals surface area contributed by atoms with Gasteiger partial charge in [-0.1, -0.05) is 18.2 Å². The van der Waals surface area contributed by atoms with Crippen LogP contribution in [-0.2, 0) is 0 Å². The predicted molar refractivity (Wildman–Crippen MR) is 47.5 cm³/mol. The lowest BCUT2D eigenvalue weighted by Crippen LogP contribution is -2.37. The van der Waals surface area contributed by atoms with Crippen molar-refractivity contribution in [3.63, 3.8) is 0 Å². The van der Waals surface area contributed by atoms with Gasteiger partial charge in [-0.2, -0.15) is 0 Å². The summed E-state index contributed by atoms with van der Waals surface area (Å²) in [6.45, 7) is 5.57. The van der Waals surface area contributed by atoms with E-state index in [0.717, 1.165) is 5.57 Å². The molecule has 12 heavy (non-hydrogen) atoms. The first-order valence-electron chi connectivity index (χ1n) is 3.94. The zero-order valence-electron chi connectivity index (χ0n) is 7.57. The topological polar surface area (TPSA) is 43.1 Å². The van der Waals surface area contributed by atoms with Crippen molar-refractivity contribution in [2.75, 3.05) is 0 Å². The number of hydrogen-bond donors (Lipinski definition) is 0. The lowest BCUT2D eigenvalue weighted by molar-refractivity contribution is -0.526. The zero-order valence-corrected chi connectivity index (χ0v) is 7.57. The molecule has 0 spiro atoms. The molecular formula is C9H13NO2. The van der Waals surface area contributed by atoms with Crippen molar-refractivity contribution in [2.24, 2.45) is 5.41 Å². The Morgan fingerprint density at radius 3 is 2.50 bits per heavy atom. The van der Waals surface area contributed by atoms with Gasteiger partial charge in [-0.15, -0.1) is 0 Å². The van der Waals surface area contributed by atoms with Gasteiger partial charge in [0.2, 0.25) is 6.04 Å². The van der Waals surface area contributed by atoms with Crippen molar-refractivity contribution in [2.45, 2.75) is 26.8 Å². The Labute approximate surface area is 71.9 Å². The maximum Gasteiger partial charge on any atom is 0.242 e. The van der Waals surface area contributed by atoms with Gasteiger partial charge in [-0.25, -0.2) is 0 Å². The van der Waals surface area contributed by atoms with Crippen molar-refractivity contribution >= 4 is 0 Å². The molecule has 0 heterocycles. The van der Waals surface area contributed by atoms with E-state index in [1.807, 2.05) is 26.0 Å². The molecule has 1 aliphatic carbocycles. The van der Waals surface area contributed by atoms with Crippen LogP contribution in [0.1, 0.15) is 20.8 Å². The van der Waals surface area contributed by atoms with Gasteiger partial charge < -0.3 is 0 Å². The Bertz CT molecular complexity index is 264. The molecule has 3 nitrogen and oxygen atoms in total. The average molecular weight is 167 g/mol. The molecule has 0 aliphatic heterocycles. The summed E-state index contributed by atoms with van der Waals surface area (Å²) in [6, 6.07) is -0.567. The normalized spacial score (nSPS) is 26.6. The van der Waals surface area contributed by atoms with Gasteiger partial charge in [0.1, 0.15) is 0 Å². The predicted octanol–water partition coefficient (Wildman–Crippen LogP) is 2.17. The van der Waals surface area contributed by atoms with Gasteiger partial charge in [0, 0.05) is 10.5 Å². The second-order valence-electron chi connectivity index (χ2n) is 3.78. The summed E-state index contributed by atoms with van der Waals surface area (Å²) >= 11 is 0. The summed E-state index contributed by atoms with van der Waals surface area (Å²) in [5.74, 6) is 0. The van der Waals surface area contributed by atoms with E-state index in [1.54, 1.807) is 13.0 Å². The molecular weight excluding hydrogens is 154 g/mol. The zero-order chi connectivity index (χ0) is 9.35. The summed E-state index contributed by atoms with van der Waals surface area (Å²) in [4.78, 5) is 10.5. The molecule has 0 aromatic rings. The van der Waals surface area contributed by atoms with Crippen LogP contribution in [0.2, 0.25) is 0 Å². The molecule has 1 atom stereocenters. The van der Waals surface area contributed by atoms with Crippen molar-refractivity contribution < 1.29 is 4.92 Å². The van der Waals surface area contributed by atoms with E-state index < -0.39 is 6.04 Å². The van der Waals surface area contributed by atoms with Crippen LogP contribution in [-0.4, -0.2) is 11.0 Å². The third-order valence-corrected chi connectivity index (χ3v) is 2.23. The molecule has 1 aliphatic rings. The van der Waals surface area contributed by atoms with Crippen LogP contribution < -0.4 is 0 Å². The van der Waals surface area contributed by atoms with Gasteiger partial charge in [0.25, 0.3) is 0 Å². The summed E-state index contributed by atoms with van der Waals surface area (Å²) in [6.07, 6.45) is 5.57. The molecule has 1 rings (SSSR count). The molecule has 1 unspecified atom stereocenters. The van der Waals surface area contributed by atoms with Gasteiger partial charge in [-0.05, 0) is 20.8 Å². The van der Waals surface area contributed by atoms with E-state index in [1.165, 1.54) is 0 Å². The lowest BCUT2D eigenvalue weighted by Gasteiger charge is -2.27. The monoisotopic (exact) mass is 167 g/mol. The third-order valence-electron chi connectivity index (χ3n) is 2.23. The number of hydrogen-bond acceptors (Lipinski definition) is 2. The van der Waals surface area contributed by atoms with E-state index in [4.69, 9.17) is 0 Å². The SMILES string of the molecule is CC1=CC=CC(C)(C)C1[N+](=O)[O-]. The molecule has 0 bridgehead atoms. The highest BCUT2D eigenvalue weighted by atomic mass is 16.6. The highest BCUT2D eigenvalue weighted by Crippen LogP contribution is 2.32. The summed E-state index contributed by atoms with van der Waals surface area (Å²) in [5, 5.41) is 10.7. The molecule has 0 radical (unpaired) electrons. The van der Waals surface area contributed by atoms with E-state index in [0.29, 0.717) is 0 Å². The number of nitrogens with zero attached hydrogens (tertiary/aromatic N) is 1. The average Bonchev–Trinajstić information content (AvgIpc) is 1.82.